The molecule has 0 aromatic heterocycles. The largest absolute Gasteiger partial charge is 0.487 e. The minimum atomic E-state index is 0.0840. The Balaban J connectivity index is 2.05. The van der Waals surface area contributed by atoms with Gasteiger partial charge in [0.15, 0.2) is 0 Å². The Morgan fingerprint density at radius 2 is 1.89 bits per heavy atom. The van der Waals surface area contributed by atoms with Gasteiger partial charge in [0.05, 0.1) is 5.02 Å². The van der Waals surface area contributed by atoms with Gasteiger partial charge in [0.1, 0.15) is 12.4 Å². The molecule has 0 spiro atoms. The van der Waals surface area contributed by atoms with E-state index in [1.165, 1.54) is 0 Å². The Hall–Kier alpha value is -1.51. The van der Waals surface area contributed by atoms with Crippen LogP contribution in [0.1, 0.15) is 24.0 Å². The molecule has 19 heavy (non-hydrogen) atoms. The summed E-state index contributed by atoms with van der Waals surface area (Å²) in [7, 11) is 0. The van der Waals surface area contributed by atoms with Crippen LogP contribution in [0.5, 0.6) is 5.75 Å². The van der Waals surface area contributed by atoms with Crippen LogP contribution in [0.25, 0.3) is 0 Å². The summed E-state index contributed by atoms with van der Waals surface area (Å²) in [5, 5.41) is 9.70. The zero-order valence-electron chi connectivity index (χ0n) is 10.8. The van der Waals surface area contributed by atoms with Gasteiger partial charge in [-0.2, -0.15) is 0 Å². The first-order valence-corrected chi connectivity index (χ1v) is 6.65. The van der Waals surface area contributed by atoms with E-state index in [9.17, 15) is 0 Å². The quantitative estimate of drug-likeness (QED) is 0.894. The first-order chi connectivity index (χ1) is 9.20. The number of aliphatic hydroxyl groups excluding tert-OH is 1. The molecule has 100 valence electrons. The molecule has 0 bridgehead atoms. The molecule has 2 aromatic rings. The maximum absolute atomic E-state index is 9.13. The van der Waals surface area contributed by atoms with Gasteiger partial charge in [0.2, 0.25) is 0 Å². The van der Waals surface area contributed by atoms with Crippen molar-refractivity contribution in [2.75, 3.05) is 6.61 Å². The molecule has 0 aliphatic heterocycles. The smallest absolute Gasteiger partial charge is 0.138 e. The minimum Gasteiger partial charge on any atom is -0.487 e. The lowest BCUT2D eigenvalue weighted by Crippen LogP contribution is -2.00. The summed E-state index contributed by atoms with van der Waals surface area (Å²) < 4.78 is 5.70. The van der Waals surface area contributed by atoms with E-state index in [0.29, 0.717) is 17.4 Å². The van der Waals surface area contributed by atoms with Crippen molar-refractivity contribution >= 4 is 11.6 Å². The third-order valence-electron chi connectivity index (χ3n) is 3.04. The second kappa shape index (κ2) is 6.60. The molecular weight excluding hydrogens is 260 g/mol. The molecule has 1 N–H and O–H groups in total. The summed E-state index contributed by atoms with van der Waals surface area (Å²) in [5.41, 5.74) is 2.12. The number of aliphatic hydroxyl groups is 1. The predicted molar refractivity (Wildman–Crippen MR) is 77.7 cm³/mol. The standard InChI is InChI=1S/C16H17ClO2/c1-12(10-18)14-7-8-16(15(17)9-14)19-11-13-5-3-2-4-6-13/h2-9,12,18H,10-11H2,1H3. The van der Waals surface area contributed by atoms with Crippen molar-refractivity contribution in [3.63, 3.8) is 0 Å². The lowest BCUT2D eigenvalue weighted by Gasteiger charge is -2.12. The summed E-state index contributed by atoms with van der Waals surface area (Å²) in [5.74, 6) is 0.750. The van der Waals surface area contributed by atoms with E-state index in [1.54, 1.807) is 0 Å². The summed E-state index contributed by atoms with van der Waals surface area (Å²) in [6, 6.07) is 15.6. The molecule has 1 unspecified atom stereocenters. The number of hydrogen-bond donors (Lipinski definition) is 1. The molecule has 0 aliphatic carbocycles. The monoisotopic (exact) mass is 276 g/mol. The highest BCUT2D eigenvalue weighted by Crippen LogP contribution is 2.29. The van der Waals surface area contributed by atoms with E-state index in [4.69, 9.17) is 21.4 Å². The highest BCUT2D eigenvalue weighted by molar-refractivity contribution is 6.32. The molecule has 2 rings (SSSR count). The fourth-order valence-corrected chi connectivity index (χ4v) is 2.02. The Bertz CT molecular complexity index is 526. The van der Waals surface area contributed by atoms with Crippen molar-refractivity contribution in [1.29, 1.82) is 0 Å². The summed E-state index contributed by atoms with van der Waals surface area (Å²) in [6.45, 7) is 2.56. The van der Waals surface area contributed by atoms with Gasteiger partial charge in [0.25, 0.3) is 0 Å². The van der Waals surface area contributed by atoms with E-state index in [0.717, 1.165) is 11.1 Å². The van der Waals surface area contributed by atoms with Gasteiger partial charge in [0, 0.05) is 12.5 Å². The molecule has 3 heteroatoms. The van der Waals surface area contributed by atoms with Gasteiger partial charge in [-0.15, -0.1) is 0 Å². The lowest BCUT2D eigenvalue weighted by molar-refractivity contribution is 0.272. The van der Waals surface area contributed by atoms with E-state index >= 15 is 0 Å². The van der Waals surface area contributed by atoms with Gasteiger partial charge in [-0.25, -0.2) is 0 Å². The van der Waals surface area contributed by atoms with Crippen molar-refractivity contribution < 1.29 is 9.84 Å². The van der Waals surface area contributed by atoms with Crippen LogP contribution < -0.4 is 4.74 Å². The minimum absolute atomic E-state index is 0.0840. The second-order valence-corrected chi connectivity index (χ2v) is 4.95. The molecule has 0 heterocycles. The van der Waals surface area contributed by atoms with Crippen LogP contribution >= 0.6 is 11.6 Å². The zero-order chi connectivity index (χ0) is 13.7. The van der Waals surface area contributed by atoms with Crippen LogP contribution in [0.2, 0.25) is 5.02 Å². The van der Waals surface area contributed by atoms with Crippen molar-refractivity contribution in [3.05, 3.63) is 64.7 Å². The molecule has 0 aliphatic rings. The maximum Gasteiger partial charge on any atom is 0.138 e. The van der Waals surface area contributed by atoms with E-state index in [1.807, 2.05) is 55.5 Å². The van der Waals surface area contributed by atoms with Gasteiger partial charge in [-0.1, -0.05) is 54.9 Å². The molecule has 0 amide bonds. The molecule has 2 aromatic carbocycles. The van der Waals surface area contributed by atoms with Crippen molar-refractivity contribution in [1.82, 2.24) is 0 Å². The van der Waals surface area contributed by atoms with Crippen LogP contribution in [-0.4, -0.2) is 11.7 Å². The summed E-state index contributed by atoms with van der Waals surface area (Å²) in [6.07, 6.45) is 0. The van der Waals surface area contributed by atoms with Gasteiger partial charge < -0.3 is 9.84 Å². The molecule has 0 fully saturated rings. The molecule has 0 saturated carbocycles. The highest BCUT2D eigenvalue weighted by Gasteiger charge is 2.08. The van der Waals surface area contributed by atoms with E-state index in [2.05, 4.69) is 0 Å². The molecule has 0 radical (unpaired) electrons. The van der Waals surface area contributed by atoms with Crippen LogP contribution in [0, 0.1) is 0 Å². The van der Waals surface area contributed by atoms with Gasteiger partial charge in [-0.3, -0.25) is 0 Å². The third kappa shape index (κ3) is 3.72. The molecule has 1 atom stereocenters. The van der Waals surface area contributed by atoms with Crippen LogP contribution in [0.4, 0.5) is 0 Å². The Labute approximate surface area is 118 Å². The first-order valence-electron chi connectivity index (χ1n) is 6.27. The van der Waals surface area contributed by atoms with Crippen LogP contribution in [-0.2, 0) is 6.61 Å². The summed E-state index contributed by atoms with van der Waals surface area (Å²) >= 11 is 6.19. The van der Waals surface area contributed by atoms with Crippen molar-refractivity contribution in [3.8, 4) is 5.75 Å². The second-order valence-electron chi connectivity index (χ2n) is 4.55. The number of ether oxygens (including phenoxy) is 1. The summed E-state index contributed by atoms with van der Waals surface area (Å²) in [4.78, 5) is 0. The fraction of sp³-hybridized carbons (Fsp3) is 0.250. The Morgan fingerprint density at radius 3 is 2.53 bits per heavy atom. The van der Waals surface area contributed by atoms with Gasteiger partial charge in [-0.05, 0) is 23.3 Å². The maximum atomic E-state index is 9.13. The topological polar surface area (TPSA) is 29.5 Å². The molecule has 2 nitrogen and oxygen atoms in total. The third-order valence-corrected chi connectivity index (χ3v) is 3.33. The Kier molecular flexibility index (Phi) is 4.83. The van der Waals surface area contributed by atoms with E-state index < -0.39 is 0 Å². The van der Waals surface area contributed by atoms with Crippen molar-refractivity contribution in [2.24, 2.45) is 0 Å². The molecule has 0 saturated heterocycles. The average Bonchev–Trinajstić information content (AvgIpc) is 2.46. The lowest BCUT2D eigenvalue weighted by atomic mass is 10.0. The number of hydrogen-bond acceptors (Lipinski definition) is 2. The number of benzene rings is 2. The first kappa shape index (κ1) is 13.9. The fourth-order valence-electron chi connectivity index (χ4n) is 1.78. The number of rotatable bonds is 5. The van der Waals surface area contributed by atoms with Crippen molar-refractivity contribution in [2.45, 2.75) is 19.4 Å². The van der Waals surface area contributed by atoms with Crippen LogP contribution in [0.3, 0.4) is 0 Å². The highest BCUT2D eigenvalue weighted by atomic mass is 35.5. The Morgan fingerprint density at radius 1 is 1.16 bits per heavy atom. The SMILES string of the molecule is CC(CO)c1ccc(OCc2ccccc2)c(Cl)c1. The van der Waals surface area contributed by atoms with Gasteiger partial charge >= 0.3 is 0 Å². The predicted octanol–water partition coefficient (Wildman–Crippen LogP) is 4.01. The van der Waals surface area contributed by atoms with E-state index in [-0.39, 0.29) is 12.5 Å². The van der Waals surface area contributed by atoms with Crippen LogP contribution in [0.15, 0.2) is 48.5 Å². The number of halogens is 1. The average molecular weight is 277 g/mol. The zero-order valence-corrected chi connectivity index (χ0v) is 11.6. The normalized spacial score (nSPS) is 12.2. The molecular formula is C16H17ClO2.